The molecule has 98 valence electrons. The first-order valence-electron chi connectivity index (χ1n) is 5.04. The Labute approximate surface area is 111 Å². The van der Waals surface area contributed by atoms with E-state index >= 15 is 0 Å². The van der Waals surface area contributed by atoms with Gasteiger partial charge in [-0.15, -0.1) is 16.7 Å². The Morgan fingerprint density at radius 2 is 2.26 bits per heavy atom. The summed E-state index contributed by atoms with van der Waals surface area (Å²) in [5.41, 5.74) is 0.287. The number of hydrogen-bond acceptors (Lipinski definition) is 6. The molecule has 1 N–H and O–H groups in total. The Morgan fingerprint density at radius 1 is 1.47 bits per heavy atom. The molecular weight excluding hydrogens is 276 g/mol. The predicted molar refractivity (Wildman–Crippen MR) is 65.7 cm³/mol. The fourth-order valence-corrected chi connectivity index (χ4v) is 1.36. The molecule has 8 nitrogen and oxygen atoms in total. The van der Waals surface area contributed by atoms with Gasteiger partial charge in [-0.1, -0.05) is 11.2 Å². The third-order valence-corrected chi connectivity index (χ3v) is 2.34. The van der Waals surface area contributed by atoms with Crippen molar-refractivity contribution in [2.24, 2.45) is 0 Å². The van der Waals surface area contributed by atoms with E-state index in [1.807, 2.05) is 0 Å². The number of anilines is 1. The van der Waals surface area contributed by atoms with Crippen LogP contribution in [0.2, 0.25) is 0 Å². The summed E-state index contributed by atoms with van der Waals surface area (Å²) in [5.74, 6) is -0.668. The molecule has 2 rings (SSSR count). The molecule has 0 radical (unpaired) electrons. The molecule has 0 bridgehead atoms. The van der Waals surface area contributed by atoms with Crippen LogP contribution >= 0.6 is 11.6 Å². The van der Waals surface area contributed by atoms with Crippen molar-refractivity contribution in [2.75, 3.05) is 11.2 Å². The number of alkyl halides is 1. The quantitative estimate of drug-likeness (QED) is 0.520. The van der Waals surface area contributed by atoms with Gasteiger partial charge in [-0.3, -0.25) is 20.2 Å². The van der Waals surface area contributed by atoms with Gasteiger partial charge in [0.05, 0.1) is 4.92 Å². The van der Waals surface area contributed by atoms with Gasteiger partial charge in [-0.25, -0.2) is 0 Å². The number of nitrogens with one attached hydrogen (secondary N) is 1. The number of non-ortho nitro benzene ring substituents is 1. The number of amides is 1. The van der Waals surface area contributed by atoms with E-state index in [4.69, 9.17) is 16.0 Å². The van der Waals surface area contributed by atoms with Gasteiger partial charge in [0.1, 0.15) is 5.88 Å². The van der Waals surface area contributed by atoms with Crippen LogP contribution in [0.4, 0.5) is 11.7 Å². The number of rotatable bonds is 4. The molecule has 0 saturated heterocycles. The Morgan fingerprint density at radius 3 is 2.95 bits per heavy atom. The SMILES string of the molecule is O=C(CCl)Nc1nnc(-c2cccc([N+](=O)[O-])c2)o1. The fourth-order valence-electron chi connectivity index (χ4n) is 1.30. The summed E-state index contributed by atoms with van der Waals surface area (Å²) < 4.78 is 5.14. The number of carbonyl (C=O) groups is 1. The number of nitro groups is 1. The topological polar surface area (TPSA) is 111 Å². The number of carbonyl (C=O) groups excluding carboxylic acids is 1. The van der Waals surface area contributed by atoms with E-state index in [0.717, 1.165) is 0 Å². The summed E-state index contributed by atoms with van der Waals surface area (Å²) in [6.45, 7) is 0. The molecule has 0 fully saturated rings. The normalized spacial score (nSPS) is 10.2. The number of halogens is 1. The summed E-state index contributed by atoms with van der Waals surface area (Å²) in [6, 6.07) is 5.59. The third kappa shape index (κ3) is 3.05. The van der Waals surface area contributed by atoms with Crippen molar-refractivity contribution in [3.8, 4) is 11.5 Å². The van der Waals surface area contributed by atoms with E-state index in [0.29, 0.717) is 5.56 Å². The zero-order valence-electron chi connectivity index (χ0n) is 9.37. The standard InChI is InChI=1S/C10H7ClN4O4/c11-5-8(16)12-10-14-13-9(19-10)6-2-1-3-7(4-6)15(17)18/h1-4H,5H2,(H,12,14,16). The molecule has 2 aromatic rings. The summed E-state index contributed by atoms with van der Waals surface area (Å²) in [4.78, 5) is 21.1. The van der Waals surface area contributed by atoms with Gasteiger partial charge >= 0.3 is 6.01 Å². The number of hydrogen-bond donors (Lipinski definition) is 1. The minimum Gasteiger partial charge on any atom is -0.403 e. The van der Waals surface area contributed by atoms with Crippen molar-refractivity contribution in [2.45, 2.75) is 0 Å². The van der Waals surface area contributed by atoms with Gasteiger partial charge < -0.3 is 4.42 Å². The van der Waals surface area contributed by atoms with Crippen molar-refractivity contribution < 1.29 is 14.1 Å². The first kappa shape index (κ1) is 13.0. The molecule has 0 aliphatic rings. The Kier molecular flexibility index (Phi) is 3.71. The van der Waals surface area contributed by atoms with Crippen molar-refractivity contribution in [3.63, 3.8) is 0 Å². The van der Waals surface area contributed by atoms with Crippen LogP contribution < -0.4 is 5.32 Å². The van der Waals surface area contributed by atoms with Gasteiger partial charge in [0, 0.05) is 17.7 Å². The average Bonchev–Trinajstić information content (AvgIpc) is 2.87. The lowest BCUT2D eigenvalue weighted by Crippen LogP contribution is -2.12. The van der Waals surface area contributed by atoms with Gasteiger partial charge in [0.15, 0.2) is 0 Å². The van der Waals surface area contributed by atoms with Crippen molar-refractivity contribution >= 4 is 29.2 Å². The van der Waals surface area contributed by atoms with Gasteiger partial charge in [-0.2, -0.15) is 0 Å². The maximum Gasteiger partial charge on any atom is 0.322 e. The van der Waals surface area contributed by atoms with Crippen LogP contribution in [-0.4, -0.2) is 26.9 Å². The van der Waals surface area contributed by atoms with Crippen LogP contribution in [0.3, 0.4) is 0 Å². The van der Waals surface area contributed by atoms with Gasteiger partial charge in [0.25, 0.3) is 5.69 Å². The molecule has 9 heteroatoms. The Bertz CT molecular complexity index is 627. The highest BCUT2D eigenvalue weighted by atomic mass is 35.5. The summed E-state index contributed by atoms with van der Waals surface area (Å²) in [5, 5.41) is 20.2. The zero-order chi connectivity index (χ0) is 13.8. The molecule has 1 aromatic carbocycles. The largest absolute Gasteiger partial charge is 0.403 e. The number of aromatic nitrogens is 2. The van der Waals surface area contributed by atoms with Crippen molar-refractivity contribution in [1.29, 1.82) is 0 Å². The Hall–Kier alpha value is -2.48. The highest BCUT2D eigenvalue weighted by molar-refractivity contribution is 6.28. The minimum absolute atomic E-state index is 0.0635. The smallest absolute Gasteiger partial charge is 0.322 e. The second kappa shape index (κ2) is 5.44. The molecule has 1 amide bonds. The molecule has 1 aromatic heterocycles. The van der Waals surface area contributed by atoms with Crippen LogP contribution in [0, 0.1) is 10.1 Å². The number of nitrogens with zero attached hydrogens (tertiary/aromatic N) is 3. The molecule has 0 saturated carbocycles. The average molecular weight is 283 g/mol. The first-order chi connectivity index (χ1) is 9.10. The highest BCUT2D eigenvalue weighted by Crippen LogP contribution is 2.23. The van der Waals surface area contributed by atoms with E-state index in [1.54, 1.807) is 6.07 Å². The molecule has 0 aliphatic carbocycles. The molecule has 19 heavy (non-hydrogen) atoms. The lowest BCUT2D eigenvalue weighted by molar-refractivity contribution is -0.384. The Balaban J connectivity index is 2.25. The van der Waals surface area contributed by atoms with E-state index < -0.39 is 10.8 Å². The second-order valence-electron chi connectivity index (χ2n) is 3.40. The van der Waals surface area contributed by atoms with Crippen molar-refractivity contribution in [3.05, 3.63) is 34.4 Å². The molecule has 0 aliphatic heterocycles. The van der Waals surface area contributed by atoms with E-state index in [1.165, 1.54) is 18.2 Å². The maximum atomic E-state index is 11.0. The molecule has 0 unspecified atom stereocenters. The molecule has 0 atom stereocenters. The summed E-state index contributed by atoms with van der Waals surface area (Å²) in [7, 11) is 0. The van der Waals surface area contributed by atoms with Gasteiger partial charge in [-0.05, 0) is 6.07 Å². The molecule has 0 spiro atoms. The van der Waals surface area contributed by atoms with Crippen LogP contribution in [0.15, 0.2) is 28.7 Å². The van der Waals surface area contributed by atoms with E-state index in [2.05, 4.69) is 15.5 Å². The van der Waals surface area contributed by atoms with Crippen LogP contribution in [0.1, 0.15) is 0 Å². The third-order valence-electron chi connectivity index (χ3n) is 2.10. The zero-order valence-corrected chi connectivity index (χ0v) is 10.1. The molecule has 1 heterocycles. The first-order valence-corrected chi connectivity index (χ1v) is 5.58. The lowest BCUT2D eigenvalue weighted by Gasteiger charge is -1.96. The van der Waals surface area contributed by atoms with Crippen LogP contribution in [-0.2, 0) is 4.79 Å². The second-order valence-corrected chi connectivity index (χ2v) is 3.67. The van der Waals surface area contributed by atoms with Crippen LogP contribution in [0.25, 0.3) is 11.5 Å². The lowest BCUT2D eigenvalue weighted by atomic mass is 10.2. The predicted octanol–water partition coefficient (Wildman–Crippen LogP) is 1.82. The summed E-state index contributed by atoms with van der Waals surface area (Å²) in [6.07, 6.45) is 0. The summed E-state index contributed by atoms with van der Waals surface area (Å²) >= 11 is 5.30. The number of benzene rings is 1. The van der Waals surface area contributed by atoms with E-state index in [-0.39, 0.29) is 23.5 Å². The highest BCUT2D eigenvalue weighted by Gasteiger charge is 2.13. The van der Waals surface area contributed by atoms with Crippen molar-refractivity contribution in [1.82, 2.24) is 10.2 Å². The monoisotopic (exact) mass is 282 g/mol. The van der Waals surface area contributed by atoms with Crippen LogP contribution in [0.5, 0.6) is 0 Å². The minimum atomic E-state index is -0.532. The fraction of sp³-hybridized carbons (Fsp3) is 0.100. The van der Waals surface area contributed by atoms with E-state index in [9.17, 15) is 14.9 Å². The number of nitro benzene ring substituents is 1. The maximum absolute atomic E-state index is 11.0. The van der Waals surface area contributed by atoms with Gasteiger partial charge in [0.2, 0.25) is 11.8 Å². The molecular formula is C10H7ClN4O4.